The first-order valence-corrected chi connectivity index (χ1v) is 10.2. The summed E-state index contributed by atoms with van der Waals surface area (Å²) in [5.74, 6) is 0.618. The molecule has 0 bridgehead atoms. The summed E-state index contributed by atoms with van der Waals surface area (Å²) < 4.78 is 31.6. The van der Waals surface area contributed by atoms with E-state index in [9.17, 15) is 9.59 Å². The molecule has 2 aromatic carbocycles. The Hall–Kier alpha value is -3.14. The van der Waals surface area contributed by atoms with Crippen LogP contribution in [0.1, 0.15) is 6.92 Å². The molecule has 0 aromatic heterocycles. The number of hydrogen-bond donors (Lipinski definition) is 1. The van der Waals surface area contributed by atoms with Crippen molar-refractivity contribution in [3.63, 3.8) is 0 Å². The molecule has 1 N–H and O–H groups in total. The minimum atomic E-state index is -0.575. The van der Waals surface area contributed by atoms with Crippen molar-refractivity contribution in [2.24, 2.45) is 0 Å². The van der Waals surface area contributed by atoms with Crippen molar-refractivity contribution in [1.82, 2.24) is 5.32 Å². The Bertz CT molecular complexity index is 885. The van der Waals surface area contributed by atoms with E-state index in [-0.39, 0.29) is 26.0 Å². The van der Waals surface area contributed by atoms with Crippen molar-refractivity contribution >= 4 is 22.8 Å². The number of methoxy groups -OCH3 is 1. The van der Waals surface area contributed by atoms with Crippen LogP contribution >= 0.6 is 0 Å². The van der Waals surface area contributed by atoms with E-state index in [1.807, 2.05) is 24.3 Å². The van der Waals surface area contributed by atoms with Gasteiger partial charge in [0.15, 0.2) is 6.29 Å². The fourth-order valence-corrected chi connectivity index (χ4v) is 2.58. The van der Waals surface area contributed by atoms with Gasteiger partial charge in [0.25, 0.3) is 0 Å². The number of rotatable bonds is 14. The maximum atomic E-state index is 12.0. The van der Waals surface area contributed by atoms with Gasteiger partial charge in [0.05, 0.1) is 26.4 Å². The Morgan fingerprint density at radius 3 is 2.56 bits per heavy atom. The number of fused-ring (bicyclic) bond motifs is 1. The molecule has 1 amide bonds. The minimum absolute atomic E-state index is 0.160. The van der Waals surface area contributed by atoms with E-state index in [1.165, 1.54) is 0 Å². The van der Waals surface area contributed by atoms with Crippen LogP contribution in [0.4, 0.5) is 4.79 Å². The van der Waals surface area contributed by atoms with Crippen molar-refractivity contribution in [1.29, 1.82) is 0 Å². The Kier molecular flexibility index (Phi) is 11.0. The normalized spacial score (nSPS) is 11.6. The summed E-state index contributed by atoms with van der Waals surface area (Å²) in [7, 11) is 1.58. The topological polar surface area (TPSA) is 102 Å². The van der Waals surface area contributed by atoms with E-state index < -0.39 is 12.1 Å². The Morgan fingerprint density at radius 1 is 1.06 bits per heavy atom. The molecule has 0 aliphatic rings. The number of amides is 1. The van der Waals surface area contributed by atoms with Crippen molar-refractivity contribution in [2.45, 2.75) is 13.2 Å². The average Bonchev–Trinajstić information content (AvgIpc) is 2.79. The van der Waals surface area contributed by atoms with Crippen LogP contribution in [-0.2, 0) is 23.7 Å². The molecule has 0 aliphatic heterocycles. The first-order valence-electron chi connectivity index (χ1n) is 10.2. The van der Waals surface area contributed by atoms with E-state index in [4.69, 9.17) is 28.4 Å². The van der Waals surface area contributed by atoms with Crippen LogP contribution in [0.15, 0.2) is 49.1 Å². The van der Waals surface area contributed by atoms with Gasteiger partial charge in [-0.3, -0.25) is 0 Å². The van der Waals surface area contributed by atoms with Crippen LogP contribution in [-0.4, -0.2) is 65.0 Å². The first-order chi connectivity index (χ1) is 15.5. The molecule has 0 saturated heterocycles. The molecule has 174 valence electrons. The zero-order valence-corrected chi connectivity index (χ0v) is 18.3. The van der Waals surface area contributed by atoms with Gasteiger partial charge in [-0.25, -0.2) is 9.59 Å². The Labute approximate surface area is 187 Å². The highest BCUT2D eigenvalue weighted by Gasteiger charge is 2.09. The maximum absolute atomic E-state index is 12.0. The van der Waals surface area contributed by atoms with Gasteiger partial charge in [-0.15, -0.1) is 0 Å². The highest BCUT2D eigenvalue weighted by atomic mass is 16.7. The van der Waals surface area contributed by atoms with Crippen LogP contribution in [0.3, 0.4) is 0 Å². The summed E-state index contributed by atoms with van der Waals surface area (Å²) in [4.78, 5) is 22.8. The predicted octanol–water partition coefficient (Wildman–Crippen LogP) is 3.06. The molecule has 1 unspecified atom stereocenters. The zero-order chi connectivity index (χ0) is 23.2. The Balaban J connectivity index is 1.65. The monoisotopic (exact) mass is 447 g/mol. The molecular weight excluding hydrogens is 418 g/mol. The van der Waals surface area contributed by atoms with E-state index in [2.05, 4.69) is 11.9 Å². The van der Waals surface area contributed by atoms with E-state index in [0.29, 0.717) is 31.3 Å². The Morgan fingerprint density at radius 2 is 1.81 bits per heavy atom. The smallest absolute Gasteiger partial charge is 0.412 e. The predicted molar refractivity (Wildman–Crippen MR) is 118 cm³/mol. The largest absolute Gasteiger partial charge is 0.465 e. The third-order valence-corrected chi connectivity index (χ3v) is 4.17. The third-order valence-electron chi connectivity index (χ3n) is 4.17. The molecule has 9 heteroatoms. The molecule has 1 atom stereocenters. The van der Waals surface area contributed by atoms with Crippen LogP contribution in [0.5, 0.6) is 11.5 Å². The summed E-state index contributed by atoms with van der Waals surface area (Å²) in [6.45, 7) is 6.83. The lowest BCUT2D eigenvalue weighted by Gasteiger charge is -2.15. The highest BCUT2D eigenvalue weighted by Crippen LogP contribution is 2.29. The van der Waals surface area contributed by atoms with Crippen molar-refractivity contribution in [2.75, 3.05) is 46.7 Å². The fraction of sp³-hybridized carbons (Fsp3) is 0.391. The lowest BCUT2D eigenvalue weighted by molar-refractivity contribution is -0.139. The molecule has 0 fully saturated rings. The highest BCUT2D eigenvalue weighted by molar-refractivity contribution is 5.90. The zero-order valence-electron chi connectivity index (χ0n) is 18.3. The van der Waals surface area contributed by atoms with Crippen LogP contribution in [0.2, 0.25) is 0 Å². The number of carbonyl (C=O) groups excluding carboxylic acids is 2. The summed E-state index contributed by atoms with van der Waals surface area (Å²) in [5.41, 5.74) is 0. The van der Waals surface area contributed by atoms with Gasteiger partial charge in [-0.2, -0.15) is 0 Å². The summed E-state index contributed by atoms with van der Waals surface area (Å²) >= 11 is 0. The molecule has 2 rings (SSSR count). The molecule has 0 aliphatic carbocycles. The van der Waals surface area contributed by atoms with Gasteiger partial charge in [-0.1, -0.05) is 18.7 Å². The molecule has 9 nitrogen and oxygen atoms in total. The second kappa shape index (κ2) is 14.0. The molecular formula is C23H29NO8. The maximum Gasteiger partial charge on any atom is 0.412 e. The lowest BCUT2D eigenvalue weighted by Crippen LogP contribution is -2.30. The third kappa shape index (κ3) is 8.93. The summed E-state index contributed by atoms with van der Waals surface area (Å²) in [6.07, 6.45) is 0.142. The summed E-state index contributed by atoms with van der Waals surface area (Å²) in [6, 6.07) is 10.9. The van der Waals surface area contributed by atoms with E-state index >= 15 is 0 Å². The van der Waals surface area contributed by atoms with Crippen molar-refractivity contribution in [3.8, 4) is 11.5 Å². The number of carbonyl (C=O) groups is 2. The standard InChI is InChI=1S/C23H29NO8/c1-4-22(25)30-15-14-29-13-12-28-11-10-24-23(26)32-19-8-9-20-18(16-19)6-5-7-21(20)31-17(2)27-3/h4-9,16-17H,1,10-15H2,2-3H3,(H,24,26). The fourth-order valence-electron chi connectivity index (χ4n) is 2.58. The van der Waals surface area contributed by atoms with Gasteiger partial charge in [-0.05, 0) is 36.6 Å². The van der Waals surface area contributed by atoms with Crippen molar-refractivity contribution < 1.29 is 38.0 Å². The van der Waals surface area contributed by atoms with Gasteiger partial charge >= 0.3 is 12.1 Å². The van der Waals surface area contributed by atoms with Crippen LogP contribution in [0, 0.1) is 0 Å². The van der Waals surface area contributed by atoms with Crippen LogP contribution < -0.4 is 14.8 Å². The number of hydrogen-bond acceptors (Lipinski definition) is 8. The second-order valence-electron chi connectivity index (χ2n) is 6.47. The summed E-state index contributed by atoms with van der Waals surface area (Å²) in [5, 5.41) is 4.38. The molecule has 0 spiro atoms. The molecule has 0 heterocycles. The first kappa shape index (κ1) is 25.1. The van der Waals surface area contributed by atoms with Crippen LogP contribution in [0.25, 0.3) is 10.8 Å². The minimum Gasteiger partial charge on any atom is -0.465 e. The van der Waals surface area contributed by atoms with Crippen molar-refractivity contribution in [3.05, 3.63) is 49.1 Å². The van der Waals surface area contributed by atoms with Gasteiger partial charge in [0.1, 0.15) is 18.1 Å². The lowest BCUT2D eigenvalue weighted by atomic mass is 10.1. The second-order valence-corrected chi connectivity index (χ2v) is 6.47. The van der Waals surface area contributed by atoms with Gasteiger partial charge < -0.3 is 33.7 Å². The number of benzene rings is 2. The molecule has 0 radical (unpaired) electrons. The quantitative estimate of drug-likeness (QED) is 0.204. The number of nitrogens with one attached hydrogen (secondary N) is 1. The SMILES string of the molecule is C=CC(=O)OCCOCCOCCNC(=O)Oc1ccc2c(OC(C)OC)cccc2c1. The van der Waals surface area contributed by atoms with Gasteiger partial charge in [0, 0.05) is 25.1 Å². The molecule has 2 aromatic rings. The van der Waals surface area contributed by atoms with E-state index in [0.717, 1.165) is 16.8 Å². The molecule has 32 heavy (non-hydrogen) atoms. The average molecular weight is 447 g/mol. The number of esters is 1. The van der Waals surface area contributed by atoms with Gasteiger partial charge in [0.2, 0.25) is 0 Å². The number of ether oxygens (including phenoxy) is 6. The van der Waals surface area contributed by atoms with E-state index in [1.54, 1.807) is 26.2 Å². The molecule has 0 saturated carbocycles.